The second kappa shape index (κ2) is 3.54. The summed E-state index contributed by atoms with van der Waals surface area (Å²) < 4.78 is 0. The standard InChI is InChI=1S/C13H20Si/c1-14(2,3)13-10-6-8-11-7-4-5-9-12(11)13/h4-5,7,9,13H,6,8,10H2,1-3H3. The second-order valence-electron chi connectivity index (χ2n) is 5.51. The van der Waals surface area contributed by atoms with Crippen molar-refractivity contribution in [2.45, 2.75) is 44.4 Å². The molecule has 1 aromatic carbocycles. The van der Waals surface area contributed by atoms with Crippen molar-refractivity contribution in [1.29, 1.82) is 0 Å². The molecule has 0 radical (unpaired) electrons. The zero-order chi connectivity index (χ0) is 10.2. The van der Waals surface area contributed by atoms with Gasteiger partial charge in [-0.15, -0.1) is 0 Å². The third kappa shape index (κ3) is 1.78. The highest BCUT2D eigenvalue weighted by Crippen LogP contribution is 2.37. The van der Waals surface area contributed by atoms with E-state index in [1.807, 2.05) is 0 Å². The van der Waals surface area contributed by atoms with Crippen LogP contribution in [0.1, 0.15) is 29.5 Å². The van der Waals surface area contributed by atoms with Crippen LogP contribution in [0.2, 0.25) is 19.6 Å². The van der Waals surface area contributed by atoms with Gasteiger partial charge in [-0.2, -0.15) is 0 Å². The molecule has 0 aliphatic heterocycles. The lowest BCUT2D eigenvalue weighted by Gasteiger charge is -2.34. The monoisotopic (exact) mass is 204 g/mol. The Labute approximate surface area is 88.4 Å². The van der Waals surface area contributed by atoms with Gasteiger partial charge in [-0.1, -0.05) is 43.9 Å². The fourth-order valence-corrected chi connectivity index (χ4v) is 4.94. The van der Waals surface area contributed by atoms with Gasteiger partial charge in [-0.25, -0.2) is 0 Å². The summed E-state index contributed by atoms with van der Waals surface area (Å²) in [6.07, 6.45) is 4.12. The summed E-state index contributed by atoms with van der Waals surface area (Å²) >= 11 is 0. The average Bonchev–Trinajstić information content (AvgIpc) is 2.15. The molecule has 2 rings (SSSR count). The van der Waals surface area contributed by atoms with Crippen LogP contribution in [0.15, 0.2) is 24.3 Å². The lowest BCUT2D eigenvalue weighted by atomic mass is 9.91. The number of benzene rings is 1. The van der Waals surface area contributed by atoms with E-state index in [4.69, 9.17) is 0 Å². The highest BCUT2D eigenvalue weighted by molar-refractivity contribution is 6.77. The van der Waals surface area contributed by atoms with E-state index >= 15 is 0 Å². The van der Waals surface area contributed by atoms with Gasteiger partial charge in [-0.3, -0.25) is 0 Å². The number of rotatable bonds is 1. The van der Waals surface area contributed by atoms with Gasteiger partial charge in [0.15, 0.2) is 0 Å². The van der Waals surface area contributed by atoms with E-state index in [1.165, 1.54) is 19.3 Å². The molecule has 0 saturated carbocycles. The molecule has 0 heterocycles. The van der Waals surface area contributed by atoms with Gasteiger partial charge in [0.05, 0.1) is 8.07 Å². The Morgan fingerprint density at radius 3 is 2.57 bits per heavy atom. The summed E-state index contributed by atoms with van der Waals surface area (Å²) in [6, 6.07) is 9.07. The maximum absolute atomic E-state index is 2.50. The number of aryl methyl sites for hydroxylation is 1. The third-order valence-corrected chi connectivity index (χ3v) is 6.11. The molecule has 0 amide bonds. The molecule has 1 aliphatic carbocycles. The molecule has 0 aromatic heterocycles. The van der Waals surface area contributed by atoms with Crippen LogP contribution in [0.5, 0.6) is 0 Å². The van der Waals surface area contributed by atoms with Crippen LogP contribution >= 0.6 is 0 Å². The van der Waals surface area contributed by atoms with Gasteiger partial charge in [0.2, 0.25) is 0 Å². The molecule has 0 N–H and O–H groups in total. The molecule has 1 atom stereocenters. The fraction of sp³-hybridized carbons (Fsp3) is 0.538. The molecule has 1 aliphatic rings. The zero-order valence-electron chi connectivity index (χ0n) is 9.51. The van der Waals surface area contributed by atoms with Crippen LogP contribution in [-0.4, -0.2) is 8.07 Å². The Morgan fingerprint density at radius 1 is 1.14 bits per heavy atom. The van der Waals surface area contributed by atoms with Crippen molar-refractivity contribution < 1.29 is 0 Å². The molecule has 0 bridgehead atoms. The Hall–Kier alpha value is -0.563. The van der Waals surface area contributed by atoms with Crippen molar-refractivity contribution in [3.8, 4) is 0 Å². The van der Waals surface area contributed by atoms with Crippen molar-refractivity contribution in [3.05, 3.63) is 35.4 Å². The van der Waals surface area contributed by atoms with Crippen LogP contribution in [0.4, 0.5) is 0 Å². The molecule has 0 saturated heterocycles. The van der Waals surface area contributed by atoms with Gasteiger partial charge < -0.3 is 0 Å². The molecule has 0 nitrogen and oxygen atoms in total. The summed E-state index contributed by atoms with van der Waals surface area (Å²) in [7, 11) is -1.01. The number of hydrogen-bond acceptors (Lipinski definition) is 0. The minimum atomic E-state index is -1.01. The normalized spacial score (nSPS) is 21.8. The van der Waals surface area contributed by atoms with Crippen LogP contribution in [0, 0.1) is 0 Å². The molecule has 1 unspecified atom stereocenters. The van der Waals surface area contributed by atoms with Gasteiger partial charge in [-0.05, 0) is 35.9 Å². The van der Waals surface area contributed by atoms with Gasteiger partial charge >= 0.3 is 0 Å². The maximum atomic E-state index is 2.50. The van der Waals surface area contributed by atoms with Gasteiger partial charge in [0.25, 0.3) is 0 Å². The predicted molar refractivity (Wildman–Crippen MR) is 65.5 cm³/mol. The minimum absolute atomic E-state index is 0.896. The smallest absolute Gasteiger partial charge is 0.0521 e. The topological polar surface area (TPSA) is 0 Å². The first-order chi connectivity index (χ1) is 6.59. The molecule has 76 valence electrons. The van der Waals surface area contributed by atoms with Crippen LogP contribution in [0.25, 0.3) is 0 Å². The molecular formula is C13H20Si. The predicted octanol–water partition coefficient (Wildman–Crippen LogP) is 3.98. The molecule has 1 heteroatoms. The molecule has 1 aromatic rings. The summed E-state index contributed by atoms with van der Waals surface area (Å²) in [6.45, 7) is 7.50. The first-order valence-corrected chi connectivity index (χ1v) is 9.24. The zero-order valence-corrected chi connectivity index (χ0v) is 10.5. The first kappa shape index (κ1) is 9.97. The summed E-state index contributed by atoms with van der Waals surface area (Å²) in [5.74, 6) is 0. The van der Waals surface area contributed by atoms with Crippen molar-refractivity contribution in [3.63, 3.8) is 0 Å². The Balaban J connectivity index is 2.41. The van der Waals surface area contributed by atoms with E-state index < -0.39 is 8.07 Å². The largest absolute Gasteiger partial charge is 0.0691 e. The lowest BCUT2D eigenvalue weighted by Crippen LogP contribution is -2.33. The first-order valence-electron chi connectivity index (χ1n) is 5.67. The molecule has 0 fully saturated rings. The second-order valence-corrected chi connectivity index (χ2v) is 10.9. The summed E-state index contributed by atoms with van der Waals surface area (Å²) in [4.78, 5) is 0. The van der Waals surface area contributed by atoms with Crippen LogP contribution in [-0.2, 0) is 6.42 Å². The van der Waals surface area contributed by atoms with Crippen LogP contribution < -0.4 is 0 Å². The quantitative estimate of drug-likeness (QED) is 0.607. The van der Waals surface area contributed by atoms with Crippen molar-refractivity contribution in [2.24, 2.45) is 0 Å². The number of fused-ring (bicyclic) bond motifs is 1. The molecule has 0 spiro atoms. The Morgan fingerprint density at radius 2 is 1.86 bits per heavy atom. The average molecular weight is 204 g/mol. The van der Waals surface area contributed by atoms with E-state index in [0.717, 1.165) is 5.54 Å². The fourth-order valence-electron chi connectivity index (χ4n) is 2.65. The number of hydrogen-bond donors (Lipinski definition) is 0. The Kier molecular flexibility index (Phi) is 2.52. The van der Waals surface area contributed by atoms with Crippen molar-refractivity contribution >= 4 is 8.07 Å². The molecular weight excluding hydrogens is 184 g/mol. The SMILES string of the molecule is C[Si](C)(C)C1CCCc2ccccc21. The van der Waals surface area contributed by atoms with E-state index in [2.05, 4.69) is 43.9 Å². The third-order valence-electron chi connectivity index (χ3n) is 3.41. The lowest BCUT2D eigenvalue weighted by molar-refractivity contribution is 0.651. The highest BCUT2D eigenvalue weighted by atomic mass is 28.3. The van der Waals surface area contributed by atoms with Gasteiger partial charge in [0, 0.05) is 0 Å². The summed E-state index contributed by atoms with van der Waals surface area (Å²) in [5.41, 5.74) is 4.18. The minimum Gasteiger partial charge on any atom is -0.0691 e. The summed E-state index contributed by atoms with van der Waals surface area (Å²) in [5, 5.41) is 0. The highest BCUT2D eigenvalue weighted by Gasteiger charge is 2.31. The molecule has 14 heavy (non-hydrogen) atoms. The van der Waals surface area contributed by atoms with Crippen molar-refractivity contribution in [2.75, 3.05) is 0 Å². The van der Waals surface area contributed by atoms with E-state index in [-0.39, 0.29) is 0 Å². The Bertz CT molecular complexity index is 322. The van der Waals surface area contributed by atoms with Gasteiger partial charge in [0.1, 0.15) is 0 Å². The van der Waals surface area contributed by atoms with Crippen molar-refractivity contribution in [1.82, 2.24) is 0 Å². The van der Waals surface area contributed by atoms with E-state index in [9.17, 15) is 0 Å². The van der Waals surface area contributed by atoms with Crippen LogP contribution in [0.3, 0.4) is 0 Å². The van der Waals surface area contributed by atoms with E-state index in [0.29, 0.717) is 0 Å². The van der Waals surface area contributed by atoms with E-state index in [1.54, 1.807) is 11.1 Å². The maximum Gasteiger partial charge on any atom is 0.0521 e.